The number of nitrogens with zero attached hydrogens (tertiary/aromatic N) is 2. The monoisotopic (exact) mass is 446 g/mol. The van der Waals surface area contributed by atoms with Crippen molar-refractivity contribution in [2.75, 3.05) is 46.9 Å². The number of hydrogen-bond acceptors (Lipinski definition) is 5. The first-order chi connectivity index (χ1) is 14.9. The van der Waals surface area contributed by atoms with Gasteiger partial charge in [0.2, 0.25) is 0 Å². The lowest BCUT2D eigenvalue weighted by molar-refractivity contribution is 0.0446. The standard InChI is InChI=1S/C24H31ClN2O4/c1-26(2)24(29)22-7-3-4-8-23(22)31-17-20(28)15-27-13-5-6-18(14-27)16-30-21-11-9-19(25)10-12-21/h3-4,7-12,18,20,28H,5-6,13-17H2,1-2H3. The van der Waals surface area contributed by atoms with E-state index in [9.17, 15) is 9.90 Å². The number of carbonyl (C=O) groups is 1. The largest absolute Gasteiger partial charge is 0.493 e. The van der Waals surface area contributed by atoms with Crippen molar-refractivity contribution in [3.63, 3.8) is 0 Å². The summed E-state index contributed by atoms with van der Waals surface area (Å²) >= 11 is 5.92. The van der Waals surface area contributed by atoms with E-state index in [4.69, 9.17) is 21.1 Å². The number of amides is 1. The van der Waals surface area contributed by atoms with Gasteiger partial charge in [-0.25, -0.2) is 0 Å². The van der Waals surface area contributed by atoms with Crippen molar-refractivity contribution in [2.24, 2.45) is 5.92 Å². The average Bonchev–Trinajstić information content (AvgIpc) is 2.77. The topological polar surface area (TPSA) is 62.2 Å². The van der Waals surface area contributed by atoms with E-state index in [0.29, 0.717) is 35.4 Å². The Morgan fingerprint density at radius 2 is 1.94 bits per heavy atom. The number of hydrogen-bond donors (Lipinski definition) is 1. The van der Waals surface area contributed by atoms with E-state index < -0.39 is 6.10 Å². The van der Waals surface area contributed by atoms with Gasteiger partial charge in [-0.15, -0.1) is 0 Å². The van der Waals surface area contributed by atoms with Crippen LogP contribution in [0.5, 0.6) is 11.5 Å². The Morgan fingerprint density at radius 3 is 2.68 bits per heavy atom. The molecule has 0 aliphatic carbocycles. The number of aliphatic hydroxyl groups is 1. The Kier molecular flexibility index (Phi) is 8.58. The van der Waals surface area contributed by atoms with Gasteiger partial charge in [-0.05, 0) is 55.8 Å². The molecule has 3 rings (SSSR count). The van der Waals surface area contributed by atoms with E-state index in [-0.39, 0.29) is 12.5 Å². The molecule has 0 saturated carbocycles. The lowest BCUT2D eigenvalue weighted by atomic mass is 9.98. The number of aliphatic hydroxyl groups excluding tert-OH is 1. The zero-order chi connectivity index (χ0) is 22.2. The van der Waals surface area contributed by atoms with Gasteiger partial charge in [0.05, 0.1) is 12.2 Å². The van der Waals surface area contributed by atoms with E-state index in [0.717, 1.165) is 31.7 Å². The Labute approximate surface area is 189 Å². The number of halogens is 1. The minimum atomic E-state index is -0.640. The first kappa shape index (κ1) is 23.4. The highest BCUT2D eigenvalue weighted by molar-refractivity contribution is 6.30. The first-order valence-electron chi connectivity index (χ1n) is 10.6. The third kappa shape index (κ3) is 7.13. The summed E-state index contributed by atoms with van der Waals surface area (Å²) < 4.78 is 11.7. The van der Waals surface area contributed by atoms with Crippen LogP contribution in [-0.2, 0) is 0 Å². The van der Waals surface area contributed by atoms with Crippen molar-refractivity contribution >= 4 is 17.5 Å². The second kappa shape index (κ2) is 11.4. The molecule has 6 nitrogen and oxygen atoms in total. The van der Waals surface area contributed by atoms with Crippen LogP contribution in [0.15, 0.2) is 48.5 Å². The summed E-state index contributed by atoms with van der Waals surface area (Å²) in [4.78, 5) is 16.1. The minimum absolute atomic E-state index is 0.121. The molecule has 1 saturated heterocycles. The first-order valence-corrected chi connectivity index (χ1v) is 11.0. The summed E-state index contributed by atoms with van der Waals surface area (Å²) in [6.07, 6.45) is 1.54. The molecule has 168 valence electrons. The molecule has 1 fully saturated rings. The molecule has 2 atom stereocenters. The van der Waals surface area contributed by atoms with Crippen LogP contribution >= 0.6 is 11.6 Å². The molecule has 2 unspecified atom stereocenters. The van der Waals surface area contributed by atoms with E-state index >= 15 is 0 Å². The number of likely N-dealkylation sites (tertiary alicyclic amines) is 1. The Bertz CT molecular complexity index is 844. The molecule has 31 heavy (non-hydrogen) atoms. The third-order valence-electron chi connectivity index (χ3n) is 5.33. The molecule has 1 N–H and O–H groups in total. The number of para-hydroxylation sites is 1. The lowest BCUT2D eigenvalue weighted by Crippen LogP contribution is -2.43. The Balaban J connectivity index is 1.45. The summed E-state index contributed by atoms with van der Waals surface area (Å²) in [5.41, 5.74) is 0.497. The minimum Gasteiger partial charge on any atom is -0.493 e. The van der Waals surface area contributed by atoms with Crippen molar-refractivity contribution in [3.05, 3.63) is 59.1 Å². The second-order valence-corrected chi connectivity index (χ2v) is 8.63. The van der Waals surface area contributed by atoms with Gasteiger partial charge in [0.25, 0.3) is 5.91 Å². The van der Waals surface area contributed by atoms with E-state index in [1.165, 1.54) is 4.90 Å². The van der Waals surface area contributed by atoms with Crippen LogP contribution < -0.4 is 9.47 Å². The Morgan fingerprint density at radius 1 is 1.19 bits per heavy atom. The van der Waals surface area contributed by atoms with Gasteiger partial charge in [-0.2, -0.15) is 0 Å². The lowest BCUT2D eigenvalue weighted by Gasteiger charge is -2.33. The summed E-state index contributed by atoms with van der Waals surface area (Å²) in [7, 11) is 3.41. The normalized spacial score (nSPS) is 17.7. The maximum atomic E-state index is 12.3. The number of ether oxygens (including phenoxy) is 2. The maximum Gasteiger partial charge on any atom is 0.257 e. The van der Waals surface area contributed by atoms with Crippen molar-refractivity contribution in [2.45, 2.75) is 18.9 Å². The summed E-state index contributed by atoms with van der Waals surface area (Å²) in [5, 5.41) is 11.2. The maximum absolute atomic E-state index is 12.3. The average molecular weight is 447 g/mol. The predicted octanol–water partition coefficient (Wildman–Crippen LogP) is 3.57. The van der Waals surface area contributed by atoms with Gasteiger partial charge in [0.15, 0.2) is 0 Å². The summed E-state index contributed by atoms with van der Waals surface area (Å²) in [5.74, 6) is 1.61. The molecule has 1 heterocycles. The number of piperidine rings is 1. The number of rotatable bonds is 9. The summed E-state index contributed by atoms with van der Waals surface area (Å²) in [6, 6.07) is 14.5. The molecule has 1 aliphatic rings. The van der Waals surface area contributed by atoms with Crippen LogP contribution in [0.4, 0.5) is 0 Å². The van der Waals surface area contributed by atoms with Crippen molar-refractivity contribution in [1.29, 1.82) is 0 Å². The fourth-order valence-corrected chi connectivity index (χ4v) is 3.87. The molecule has 0 spiro atoms. The highest BCUT2D eigenvalue weighted by Gasteiger charge is 2.23. The van der Waals surface area contributed by atoms with Gasteiger partial charge in [0.1, 0.15) is 24.2 Å². The molecule has 0 aromatic heterocycles. The van der Waals surface area contributed by atoms with Gasteiger partial charge < -0.3 is 24.4 Å². The smallest absolute Gasteiger partial charge is 0.257 e. The molecular weight excluding hydrogens is 416 g/mol. The molecule has 1 aliphatic heterocycles. The number of carbonyl (C=O) groups excluding carboxylic acids is 1. The van der Waals surface area contributed by atoms with Gasteiger partial charge >= 0.3 is 0 Å². The molecule has 1 amide bonds. The van der Waals surface area contributed by atoms with E-state index in [1.54, 1.807) is 32.3 Å². The molecule has 0 radical (unpaired) electrons. The van der Waals surface area contributed by atoms with Crippen molar-refractivity contribution in [3.8, 4) is 11.5 Å². The molecular formula is C24H31ClN2O4. The third-order valence-corrected chi connectivity index (χ3v) is 5.58. The van der Waals surface area contributed by atoms with Gasteiger partial charge in [-0.1, -0.05) is 23.7 Å². The zero-order valence-corrected chi connectivity index (χ0v) is 18.9. The van der Waals surface area contributed by atoms with Crippen molar-refractivity contribution in [1.82, 2.24) is 9.80 Å². The van der Waals surface area contributed by atoms with E-state index in [2.05, 4.69) is 4.90 Å². The van der Waals surface area contributed by atoms with Crippen LogP contribution in [0, 0.1) is 5.92 Å². The molecule has 0 bridgehead atoms. The van der Waals surface area contributed by atoms with Crippen LogP contribution in [0.1, 0.15) is 23.2 Å². The van der Waals surface area contributed by atoms with Crippen LogP contribution in [0.25, 0.3) is 0 Å². The van der Waals surface area contributed by atoms with Crippen LogP contribution in [0.2, 0.25) is 5.02 Å². The Hall–Kier alpha value is -2.28. The highest BCUT2D eigenvalue weighted by atomic mass is 35.5. The second-order valence-electron chi connectivity index (χ2n) is 8.19. The molecule has 2 aromatic rings. The SMILES string of the molecule is CN(C)C(=O)c1ccccc1OCC(O)CN1CCCC(COc2ccc(Cl)cc2)C1. The number of β-amino-alcohol motifs (C(OH)–C–C–N with tert-alkyl or cyclic N) is 1. The quantitative estimate of drug-likeness (QED) is 0.638. The van der Waals surface area contributed by atoms with Crippen LogP contribution in [-0.4, -0.2) is 73.9 Å². The molecule has 7 heteroatoms. The predicted molar refractivity (Wildman–Crippen MR) is 122 cm³/mol. The fraction of sp³-hybridized carbons (Fsp3) is 0.458. The summed E-state index contributed by atoms with van der Waals surface area (Å²) in [6.45, 7) is 3.14. The zero-order valence-electron chi connectivity index (χ0n) is 18.2. The van der Waals surface area contributed by atoms with Crippen molar-refractivity contribution < 1.29 is 19.4 Å². The van der Waals surface area contributed by atoms with Gasteiger partial charge in [-0.3, -0.25) is 4.79 Å². The fourth-order valence-electron chi connectivity index (χ4n) is 3.74. The van der Waals surface area contributed by atoms with Gasteiger partial charge in [0, 0.05) is 38.1 Å². The van der Waals surface area contributed by atoms with E-state index in [1.807, 2.05) is 30.3 Å². The highest BCUT2D eigenvalue weighted by Crippen LogP contribution is 2.22. The van der Waals surface area contributed by atoms with Crippen LogP contribution in [0.3, 0.4) is 0 Å². The molecule has 2 aromatic carbocycles. The number of benzene rings is 2.